The maximum atomic E-state index is 6.08. The number of hydrogen-bond acceptors (Lipinski definition) is 6. The SMILES string of the molecule is Brc1cc2ccc1CCc1ccc(cc1)CC2.CC1(C)OB(c2ccnc(-c3[c-]cccc3)c2)OC1(C)C.[Ir].[Ir].[c-]1ccccc1-c1cc(-c2cc3ccc2CCc2ccc(cc2)CC3)ccn1.[c-]1ccccc1-c1ccccn1.[c-]1ccccc1-c1ccccn1. The molecule has 1 saturated heterocycles. The molecule has 92 heavy (non-hydrogen) atoms. The van der Waals surface area contributed by atoms with Crippen molar-refractivity contribution in [2.24, 2.45) is 0 Å². The second-order valence-corrected chi connectivity index (χ2v) is 24.4. The van der Waals surface area contributed by atoms with E-state index in [1.54, 1.807) is 18.6 Å². The van der Waals surface area contributed by atoms with E-state index in [2.05, 4.69) is 191 Å². The number of aryl methyl sites for hydroxylation is 8. The van der Waals surface area contributed by atoms with Crippen LogP contribution in [-0.4, -0.2) is 38.3 Å². The molecule has 0 spiro atoms. The van der Waals surface area contributed by atoms with E-state index in [1.165, 1.54) is 60.1 Å². The fraction of sp³-hybridized carbons (Fsp3) is 0.171. The first kappa shape index (κ1) is 68.5. The van der Waals surface area contributed by atoms with Crippen molar-refractivity contribution >= 4 is 28.5 Å². The van der Waals surface area contributed by atoms with Crippen LogP contribution in [0.2, 0.25) is 0 Å². The molecule has 4 aromatic heterocycles. The van der Waals surface area contributed by atoms with Crippen molar-refractivity contribution in [3.63, 3.8) is 0 Å². The van der Waals surface area contributed by atoms with E-state index in [0.717, 1.165) is 102 Å². The molecule has 0 saturated carbocycles. The quantitative estimate of drug-likeness (QED) is 0.122. The van der Waals surface area contributed by atoms with Crippen molar-refractivity contribution in [3.05, 3.63) is 341 Å². The number of halogens is 1. The van der Waals surface area contributed by atoms with E-state index in [-0.39, 0.29) is 58.5 Å². The first-order valence-corrected chi connectivity index (χ1v) is 31.8. The van der Waals surface area contributed by atoms with Gasteiger partial charge in [0.05, 0.1) is 11.2 Å². The minimum absolute atomic E-state index is 0. The normalized spacial score (nSPS) is 13.7. The molecule has 10 heteroatoms. The summed E-state index contributed by atoms with van der Waals surface area (Å²) < 4.78 is 13.4. The molecule has 12 aromatic rings. The minimum atomic E-state index is -0.361. The predicted molar refractivity (Wildman–Crippen MR) is 372 cm³/mol. The predicted octanol–water partition coefficient (Wildman–Crippen LogP) is 18.4. The van der Waals surface area contributed by atoms with Crippen molar-refractivity contribution in [3.8, 4) is 56.2 Å². The summed E-state index contributed by atoms with van der Waals surface area (Å²) in [6.07, 6.45) is 16.0. The first-order chi connectivity index (χ1) is 44.0. The molecular formula is C82H72BBrIr2N4O2-4. The molecule has 0 amide bonds. The zero-order valence-electron chi connectivity index (χ0n) is 52.3. The van der Waals surface area contributed by atoms with Gasteiger partial charge in [-0.15, -0.1) is 144 Å². The van der Waals surface area contributed by atoms with Crippen LogP contribution in [0.25, 0.3) is 56.2 Å². The van der Waals surface area contributed by atoms with Crippen molar-refractivity contribution in [1.29, 1.82) is 0 Å². The van der Waals surface area contributed by atoms with Gasteiger partial charge in [0.15, 0.2) is 0 Å². The van der Waals surface area contributed by atoms with Crippen LogP contribution in [-0.2, 0) is 101 Å². The molecule has 6 nitrogen and oxygen atoms in total. The third-order valence-corrected chi connectivity index (χ3v) is 17.5. The van der Waals surface area contributed by atoms with E-state index in [1.807, 2.05) is 146 Å². The van der Waals surface area contributed by atoms with E-state index in [0.29, 0.717) is 0 Å². The van der Waals surface area contributed by atoms with Crippen molar-refractivity contribution in [2.75, 3.05) is 0 Å². The van der Waals surface area contributed by atoms with Gasteiger partial charge in [0, 0.05) is 69.5 Å². The van der Waals surface area contributed by atoms with Gasteiger partial charge in [-0.3, -0.25) is 0 Å². The zero-order chi connectivity index (χ0) is 62.0. The third-order valence-electron chi connectivity index (χ3n) is 16.8. The Balaban J connectivity index is 0.000000140. The van der Waals surface area contributed by atoms with Gasteiger partial charge in [0.2, 0.25) is 0 Å². The topological polar surface area (TPSA) is 70.0 Å². The van der Waals surface area contributed by atoms with Gasteiger partial charge in [-0.1, -0.05) is 131 Å². The van der Waals surface area contributed by atoms with Crippen LogP contribution in [0, 0.1) is 24.3 Å². The van der Waals surface area contributed by atoms with E-state index in [4.69, 9.17) is 9.31 Å². The summed E-state index contributed by atoms with van der Waals surface area (Å²) in [5.74, 6) is 0. The number of benzene rings is 8. The Kier molecular flexibility index (Phi) is 25.0. The average Bonchev–Trinajstić information content (AvgIpc) is 1.61. The molecule has 8 aromatic carbocycles. The Morgan fingerprint density at radius 3 is 1.15 bits per heavy atom. The number of pyridine rings is 4. The van der Waals surface area contributed by atoms with Crippen molar-refractivity contribution < 1.29 is 49.5 Å². The number of aromatic nitrogens is 4. The Bertz CT molecular complexity index is 4020. The Hall–Kier alpha value is -7.88. The molecule has 2 radical (unpaired) electrons. The van der Waals surface area contributed by atoms with Gasteiger partial charge in [-0.05, 0) is 193 Å². The first-order valence-electron chi connectivity index (χ1n) is 31.0. The van der Waals surface area contributed by atoms with Crippen LogP contribution in [0.4, 0.5) is 0 Å². The molecule has 0 N–H and O–H groups in total. The number of rotatable bonds is 6. The maximum absolute atomic E-state index is 6.08. The number of nitrogens with zero attached hydrogens (tertiary/aromatic N) is 4. The maximum Gasteiger partial charge on any atom is 0.494 e. The molecule has 0 unspecified atom stereocenters. The zero-order valence-corrected chi connectivity index (χ0v) is 58.7. The fourth-order valence-electron chi connectivity index (χ4n) is 10.8. The van der Waals surface area contributed by atoms with Crippen LogP contribution < -0.4 is 5.46 Å². The van der Waals surface area contributed by atoms with Crippen molar-refractivity contribution in [2.45, 2.75) is 90.3 Å². The Morgan fingerprint density at radius 2 is 0.717 bits per heavy atom. The standard InChI is InChI=1S/C27H22N.C17H19BNO2.C16H15Br.2C11H8N.2Ir/c1-2-4-24(5-3-1)27-19-25(16-17-28-27)26-18-22-11-10-20-6-8-21(9-7-20)12-14-23(26)15-13-22;1-16(2)17(3,4)21-18(20-16)14-10-11-19-15(12-14)13-8-6-5-7-9-13;17-16-11-14-6-5-12-1-3-13(4-2-12)7-9-15(16)10-8-14;2*1-2-6-10(7-3-1)11-8-4-5-9-12-11;;/h1-4,6-9,13,15-19H,10-12,14H2;5-8,10-12H,1-4H3;1-4,8,10-11H,5-7,9H2;2*1-6,8-9H;;/q2*-1;;2*-1;;. The number of hydrogen-bond donors (Lipinski definition) is 0. The van der Waals surface area contributed by atoms with Crippen LogP contribution in [0.3, 0.4) is 0 Å². The molecule has 5 heterocycles. The Morgan fingerprint density at radius 1 is 0.348 bits per heavy atom. The van der Waals surface area contributed by atoms with E-state index in [9.17, 15) is 0 Å². The molecule has 8 bridgehead atoms. The summed E-state index contributed by atoms with van der Waals surface area (Å²) >= 11 is 3.69. The van der Waals surface area contributed by atoms with Gasteiger partial charge in [0.1, 0.15) is 0 Å². The van der Waals surface area contributed by atoms with E-state index >= 15 is 0 Å². The molecule has 1 aliphatic heterocycles. The average molecular weight is 1620 g/mol. The summed E-state index contributed by atoms with van der Waals surface area (Å²) in [5, 5.41) is 0. The van der Waals surface area contributed by atoms with Gasteiger partial charge in [-0.2, -0.15) is 0 Å². The molecule has 9 aliphatic rings. The minimum Gasteiger partial charge on any atom is -0.399 e. The monoisotopic (exact) mass is 1620 g/mol. The van der Waals surface area contributed by atoms with Crippen LogP contribution in [0.5, 0.6) is 0 Å². The third kappa shape index (κ3) is 18.9. The van der Waals surface area contributed by atoms with Gasteiger partial charge >= 0.3 is 7.12 Å². The summed E-state index contributed by atoms with van der Waals surface area (Å²) in [7, 11) is -0.361. The molecule has 1 fully saturated rings. The second kappa shape index (κ2) is 33.6. The van der Waals surface area contributed by atoms with Crippen LogP contribution in [0.15, 0.2) is 272 Å². The van der Waals surface area contributed by atoms with Gasteiger partial charge in [0.25, 0.3) is 0 Å². The second-order valence-electron chi connectivity index (χ2n) is 23.6. The Labute approximate surface area is 580 Å². The summed E-state index contributed by atoms with van der Waals surface area (Å²) in [4.78, 5) is 17.4. The summed E-state index contributed by atoms with van der Waals surface area (Å²) in [6, 6.07) is 96.4. The van der Waals surface area contributed by atoms with Crippen LogP contribution in [0.1, 0.15) is 72.2 Å². The molecular weight excluding hydrogens is 1550 g/mol. The van der Waals surface area contributed by atoms with Crippen molar-refractivity contribution in [1.82, 2.24) is 19.9 Å². The van der Waals surface area contributed by atoms with E-state index < -0.39 is 0 Å². The van der Waals surface area contributed by atoms with Gasteiger partial charge in [-0.25, -0.2) is 0 Å². The molecule has 0 atom stereocenters. The van der Waals surface area contributed by atoms with Gasteiger partial charge < -0.3 is 29.2 Å². The largest absolute Gasteiger partial charge is 0.494 e. The smallest absolute Gasteiger partial charge is 0.399 e. The fourth-order valence-corrected chi connectivity index (χ4v) is 11.4. The molecule has 8 aliphatic carbocycles. The molecule has 21 rings (SSSR count). The van der Waals surface area contributed by atoms with Crippen LogP contribution >= 0.6 is 15.9 Å². The summed E-state index contributed by atoms with van der Waals surface area (Å²) in [5.41, 5.74) is 22.1. The molecule has 464 valence electrons. The summed E-state index contributed by atoms with van der Waals surface area (Å²) in [6.45, 7) is 8.22.